The largest absolute Gasteiger partial charge is 0.396 e. The zero-order valence-corrected chi connectivity index (χ0v) is 9.38. The first-order chi connectivity index (χ1) is 5.87. The zero-order chi connectivity index (χ0) is 10.5. The van der Waals surface area contributed by atoms with E-state index >= 15 is 0 Å². The second-order valence-corrected chi connectivity index (χ2v) is 4.89. The van der Waals surface area contributed by atoms with Crippen molar-refractivity contribution in [1.29, 1.82) is 0 Å². The van der Waals surface area contributed by atoms with Crippen molar-refractivity contribution in [2.24, 2.45) is 11.8 Å². The third kappa shape index (κ3) is 7.03. The van der Waals surface area contributed by atoms with Gasteiger partial charge in [-0.1, -0.05) is 13.8 Å². The van der Waals surface area contributed by atoms with E-state index in [1.54, 1.807) is 0 Å². The molecule has 80 valence electrons. The molecule has 1 atom stereocenters. The van der Waals surface area contributed by atoms with Crippen LogP contribution in [0.15, 0.2) is 0 Å². The van der Waals surface area contributed by atoms with E-state index in [0.29, 0.717) is 11.8 Å². The highest BCUT2D eigenvalue weighted by Gasteiger charge is 2.22. The number of hydrogen-bond acceptors (Lipinski definition) is 2. The Morgan fingerprint density at radius 3 is 2.08 bits per heavy atom. The fraction of sp³-hybridized carbons (Fsp3) is 1.00. The molecule has 1 unspecified atom stereocenters. The molecule has 0 aliphatic heterocycles. The van der Waals surface area contributed by atoms with Crippen molar-refractivity contribution < 1.29 is 10.2 Å². The van der Waals surface area contributed by atoms with E-state index in [9.17, 15) is 5.11 Å². The minimum Gasteiger partial charge on any atom is -0.396 e. The highest BCUT2D eigenvalue weighted by atomic mass is 16.3. The average Bonchev–Trinajstić information content (AvgIpc) is 1.95. The molecule has 0 aliphatic rings. The fourth-order valence-corrected chi connectivity index (χ4v) is 1.67. The van der Waals surface area contributed by atoms with Gasteiger partial charge in [-0.2, -0.15) is 0 Å². The van der Waals surface area contributed by atoms with Crippen molar-refractivity contribution in [2.75, 3.05) is 6.61 Å². The van der Waals surface area contributed by atoms with Crippen molar-refractivity contribution in [1.82, 2.24) is 0 Å². The van der Waals surface area contributed by atoms with Gasteiger partial charge in [-0.25, -0.2) is 0 Å². The predicted molar refractivity (Wildman–Crippen MR) is 55.6 cm³/mol. The van der Waals surface area contributed by atoms with Crippen molar-refractivity contribution in [3.8, 4) is 0 Å². The molecule has 0 aromatic rings. The molecule has 0 spiro atoms. The molecule has 0 fully saturated rings. The molecule has 2 nitrogen and oxygen atoms in total. The molecule has 0 saturated heterocycles. The standard InChI is InChI=1S/C11H24O2/c1-9(2)10(6-5-7-12)8-11(3,4)13/h9-10,12-13H,5-8H2,1-4H3. The van der Waals surface area contributed by atoms with Gasteiger partial charge in [0.15, 0.2) is 0 Å². The van der Waals surface area contributed by atoms with Gasteiger partial charge in [0.2, 0.25) is 0 Å². The first-order valence-corrected chi connectivity index (χ1v) is 5.20. The first kappa shape index (κ1) is 12.9. The van der Waals surface area contributed by atoms with Crippen molar-refractivity contribution >= 4 is 0 Å². The molecule has 13 heavy (non-hydrogen) atoms. The van der Waals surface area contributed by atoms with Gasteiger partial charge in [0, 0.05) is 6.61 Å². The van der Waals surface area contributed by atoms with E-state index < -0.39 is 5.60 Å². The molecular weight excluding hydrogens is 164 g/mol. The number of rotatable bonds is 6. The quantitative estimate of drug-likeness (QED) is 0.671. The lowest BCUT2D eigenvalue weighted by Gasteiger charge is -2.27. The Kier molecular flexibility index (Phi) is 5.57. The lowest BCUT2D eigenvalue weighted by molar-refractivity contribution is 0.0407. The lowest BCUT2D eigenvalue weighted by Crippen LogP contribution is -2.26. The molecule has 2 N–H and O–H groups in total. The van der Waals surface area contributed by atoms with Crippen LogP contribution in [0.5, 0.6) is 0 Å². The van der Waals surface area contributed by atoms with E-state index in [-0.39, 0.29) is 6.61 Å². The van der Waals surface area contributed by atoms with Crippen LogP contribution >= 0.6 is 0 Å². The van der Waals surface area contributed by atoms with Gasteiger partial charge in [-0.3, -0.25) is 0 Å². The maximum Gasteiger partial charge on any atom is 0.0594 e. The average molecular weight is 188 g/mol. The highest BCUT2D eigenvalue weighted by Crippen LogP contribution is 2.26. The Morgan fingerprint density at radius 2 is 1.77 bits per heavy atom. The van der Waals surface area contributed by atoms with Crippen molar-refractivity contribution in [3.05, 3.63) is 0 Å². The van der Waals surface area contributed by atoms with Gasteiger partial charge in [-0.05, 0) is 44.9 Å². The Morgan fingerprint density at radius 1 is 1.23 bits per heavy atom. The van der Waals surface area contributed by atoms with Crippen LogP contribution in [-0.2, 0) is 0 Å². The van der Waals surface area contributed by atoms with Gasteiger partial charge in [0.1, 0.15) is 0 Å². The van der Waals surface area contributed by atoms with Crippen LogP contribution in [0.2, 0.25) is 0 Å². The van der Waals surface area contributed by atoms with Gasteiger partial charge >= 0.3 is 0 Å². The Bertz CT molecular complexity index is 125. The summed E-state index contributed by atoms with van der Waals surface area (Å²) in [7, 11) is 0. The summed E-state index contributed by atoms with van der Waals surface area (Å²) in [6.07, 6.45) is 2.68. The molecule has 0 bridgehead atoms. The molecule has 2 heteroatoms. The zero-order valence-electron chi connectivity index (χ0n) is 9.38. The van der Waals surface area contributed by atoms with Crippen LogP contribution in [0, 0.1) is 11.8 Å². The van der Waals surface area contributed by atoms with Crippen molar-refractivity contribution in [3.63, 3.8) is 0 Å². The molecule has 0 aliphatic carbocycles. The smallest absolute Gasteiger partial charge is 0.0594 e. The Balaban J connectivity index is 3.95. The number of aliphatic hydroxyl groups is 2. The topological polar surface area (TPSA) is 40.5 Å². The normalized spacial score (nSPS) is 15.0. The first-order valence-electron chi connectivity index (χ1n) is 5.20. The summed E-state index contributed by atoms with van der Waals surface area (Å²) >= 11 is 0. The number of hydrogen-bond donors (Lipinski definition) is 2. The molecule has 0 aromatic carbocycles. The van der Waals surface area contributed by atoms with Crippen molar-refractivity contribution in [2.45, 2.75) is 52.6 Å². The third-order valence-electron chi connectivity index (χ3n) is 2.44. The minimum atomic E-state index is -0.579. The third-order valence-corrected chi connectivity index (χ3v) is 2.44. The minimum absolute atomic E-state index is 0.259. The maximum atomic E-state index is 9.67. The van der Waals surface area contributed by atoms with E-state index in [0.717, 1.165) is 19.3 Å². The second kappa shape index (κ2) is 5.61. The second-order valence-electron chi connectivity index (χ2n) is 4.89. The van der Waals surface area contributed by atoms with Crippen LogP contribution < -0.4 is 0 Å². The summed E-state index contributed by atoms with van der Waals surface area (Å²) in [5.74, 6) is 1.10. The molecule has 0 heterocycles. The molecule has 0 amide bonds. The van der Waals surface area contributed by atoms with Crippen LogP contribution in [0.25, 0.3) is 0 Å². The summed E-state index contributed by atoms with van der Waals surface area (Å²) in [4.78, 5) is 0. The molecule has 0 radical (unpaired) electrons. The maximum absolute atomic E-state index is 9.67. The van der Waals surface area contributed by atoms with Gasteiger partial charge in [0.25, 0.3) is 0 Å². The molecule has 0 aromatic heterocycles. The Hall–Kier alpha value is -0.0800. The fourth-order valence-electron chi connectivity index (χ4n) is 1.67. The molecule has 0 rings (SSSR count). The summed E-state index contributed by atoms with van der Waals surface area (Å²) < 4.78 is 0. The summed E-state index contributed by atoms with van der Waals surface area (Å²) in [6.45, 7) is 8.30. The van der Waals surface area contributed by atoms with Crippen LogP contribution in [0.1, 0.15) is 47.0 Å². The van der Waals surface area contributed by atoms with Gasteiger partial charge < -0.3 is 10.2 Å². The molecular formula is C11H24O2. The Labute approximate surface area is 82.0 Å². The summed E-state index contributed by atoms with van der Waals surface area (Å²) in [5, 5.41) is 18.4. The molecule has 0 saturated carbocycles. The van der Waals surface area contributed by atoms with Gasteiger partial charge in [-0.15, -0.1) is 0 Å². The lowest BCUT2D eigenvalue weighted by atomic mass is 9.82. The van der Waals surface area contributed by atoms with Crippen LogP contribution in [0.4, 0.5) is 0 Å². The van der Waals surface area contributed by atoms with E-state index in [4.69, 9.17) is 5.11 Å². The van der Waals surface area contributed by atoms with E-state index in [2.05, 4.69) is 13.8 Å². The summed E-state index contributed by atoms with van der Waals surface area (Å²) in [6, 6.07) is 0. The van der Waals surface area contributed by atoms with E-state index in [1.807, 2.05) is 13.8 Å². The SMILES string of the molecule is CC(C)C(CCCO)CC(C)(C)O. The predicted octanol–water partition coefficient (Wildman–Crippen LogP) is 2.19. The monoisotopic (exact) mass is 188 g/mol. The summed E-state index contributed by atoms with van der Waals surface area (Å²) in [5.41, 5.74) is -0.579. The highest BCUT2D eigenvalue weighted by molar-refractivity contribution is 4.74. The van der Waals surface area contributed by atoms with Crippen LogP contribution in [-0.4, -0.2) is 22.4 Å². The van der Waals surface area contributed by atoms with Gasteiger partial charge in [0.05, 0.1) is 5.60 Å². The number of aliphatic hydroxyl groups excluding tert-OH is 1. The van der Waals surface area contributed by atoms with Crippen LogP contribution in [0.3, 0.4) is 0 Å². The van der Waals surface area contributed by atoms with E-state index in [1.165, 1.54) is 0 Å².